The number of hydrazone groups is 1. The van der Waals surface area contributed by atoms with Gasteiger partial charge >= 0.3 is 0 Å². The third-order valence-electron chi connectivity index (χ3n) is 2.74. The molecule has 0 aromatic heterocycles. The Bertz CT molecular complexity index is 624. The molecule has 2 rings (SSSR count). The van der Waals surface area contributed by atoms with Crippen LogP contribution in [0.25, 0.3) is 5.57 Å². The Morgan fingerprint density at radius 1 is 1.58 bits per heavy atom. The summed E-state index contributed by atoms with van der Waals surface area (Å²) in [5, 5.41) is 25.9. The van der Waals surface area contributed by atoms with Crippen LogP contribution in [0.2, 0.25) is 0 Å². The van der Waals surface area contributed by atoms with Crippen molar-refractivity contribution in [1.29, 1.82) is 5.26 Å². The highest BCUT2D eigenvalue weighted by molar-refractivity contribution is 6.07. The minimum absolute atomic E-state index is 0.0631. The molecule has 96 valence electrons. The van der Waals surface area contributed by atoms with E-state index in [1.165, 1.54) is 6.07 Å². The molecule has 0 spiro atoms. The number of phenolic OH excluding ortho intramolecular Hbond substituents is 1. The monoisotopic (exact) mass is 255 g/mol. The second kappa shape index (κ2) is 5.23. The van der Waals surface area contributed by atoms with Crippen molar-refractivity contribution in [3.05, 3.63) is 35.9 Å². The smallest absolute Gasteiger partial charge is 0.212 e. The van der Waals surface area contributed by atoms with E-state index in [0.29, 0.717) is 34.9 Å². The van der Waals surface area contributed by atoms with E-state index < -0.39 is 0 Å². The Morgan fingerprint density at radius 3 is 2.89 bits per heavy atom. The first-order valence-corrected chi connectivity index (χ1v) is 5.61. The number of hydrogen-bond donors (Lipinski definition) is 3. The third-order valence-corrected chi connectivity index (χ3v) is 2.74. The summed E-state index contributed by atoms with van der Waals surface area (Å²) in [7, 11) is 1.65. The number of guanidine groups is 1. The van der Waals surface area contributed by atoms with Gasteiger partial charge in [-0.2, -0.15) is 10.4 Å². The molecule has 0 unspecified atom stereocenters. The van der Waals surface area contributed by atoms with Gasteiger partial charge in [0.05, 0.1) is 23.9 Å². The lowest BCUT2D eigenvalue weighted by atomic mass is 10.0. The van der Waals surface area contributed by atoms with Crippen LogP contribution in [0.5, 0.6) is 5.75 Å². The van der Waals surface area contributed by atoms with Crippen LogP contribution in [0, 0.1) is 11.3 Å². The summed E-state index contributed by atoms with van der Waals surface area (Å²) < 4.78 is 0. The van der Waals surface area contributed by atoms with Crippen molar-refractivity contribution in [1.82, 2.24) is 10.7 Å². The lowest BCUT2D eigenvalue weighted by Gasteiger charge is -2.17. The zero-order chi connectivity index (χ0) is 13.8. The maximum Gasteiger partial charge on any atom is 0.212 e. The highest BCUT2D eigenvalue weighted by Crippen LogP contribution is 2.23. The van der Waals surface area contributed by atoms with E-state index in [1.807, 2.05) is 6.07 Å². The lowest BCUT2D eigenvalue weighted by Crippen LogP contribution is -2.43. The number of aromatic hydroxyl groups is 1. The molecule has 1 aliphatic heterocycles. The molecule has 19 heavy (non-hydrogen) atoms. The quantitative estimate of drug-likeness (QED) is 0.682. The molecular formula is C13H13N5O. The van der Waals surface area contributed by atoms with Gasteiger partial charge in [-0.25, -0.2) is 5.43 Å². The van der Waals surface area contributed by atoms with Crippen molar-refractivity contribution >= 4 is 17.2 Å². The predicted molar refractivity (Wildman–Crippen MR) is 73.8 cm³/mol. The van der Waals surface area contributed by atoms with Crippen molar-refractivity contribution in [3.8, 4) is 11.8 Å². The summed E-state index contributed by atoms with van der Waals surface area (Å²) in [6, 6.07) is 6.89. The summed E-state index contributed by atoms with van der Waals surface area (Å²) in [6.45, 7) is 4.07. The Morgan fingerprint density at radius 2 is 2.37 bits per heavy atom. The normalized spacial score (nSPS) is 16.0. The summed E-state index contributed by atoms with van der Waals surface area (Å²) in [5.74, 6) is 0.644. The number of nitrogens with zero attached hydrogens (tertiary/aromatic N) is 3. The molecule has 6 nitrogen and oxygen atoms in total. The van der Waals surface area contributed by atoms with E-state index in [-0.39, 0.29) is 5.75 Å². The topological polar surface area (TPSA) is 92.8 Å². The van der Waals surface area contributed by atoms with Gasteiger partial charge in [-0.15, -0.1) is 0 Å². The van der Waals surface area contributed by atoms with Crippen molar-refractivity contribution in [2.75, 3.05) is 13.6 Å². The number of rotatable bonds is 2. The summed E-state index contributed by atoms with van der Waals surface area (Å²) in [4.78, 5) is 3.92. The van der Waals surface area contributed by atoms with Gasteiger partial charge in [0.1, 0.15) is 5.75 Å². The number of aliphatic imine (C=N–C) groups is 1. The second-order valence-corrected chi connectivity index (χ2v) is 3.92. The Kier molecular flexibility index (Phi) is 3.48. The molecule has 1 heterocycles. The zero-order valence-corrected chi connectivity index (χ0v) is 10.4. The van der Waals surface area contributed by atoms with Crippen LogP contribution in [0.15, 0.2) is 34.9 Å². The maximum absolute atomic E-state index is 9.99. The SMILES string of the molecule is C=C(C#N)c1ccc(C2=NNC(=NC)NC2)c(O)c1. The molecule has 0 atom stereocenters. The highest BCUT2D eigenvalue weighted by Gasteiger charge is 2.15. The fraction of sp³-hybridized carbons (Fsp3) is 0.154. The molecule has 1 aliphatic rings. The number of benzene rings is 1. The largest absolute Gasteiger partial charge is 0.507 e. The van der Waals surface area contributed by atoms with Crippen molar-refractivity contribution in [2.24, 2.45) is 10.1 Å². The molecule has 0 amide bonds. The lowest BCUT2D eigenvalue weighted by molar-refractivity contribution is 0.473. The standard InChI is InChI=1S/C13H13N5O/c1-8(6-14)9-3-4-10(12(19)5-9)11-7-16-13(15-2)18-17-11/h3-5,19H,1,7H2,2H3,(H2,15,16,18). The summed E-state index contributed by atoms with van der Waals surface area (Å²) in [5.41, 5.74) is 4.91. The minimum atomic E-state index is 0.0631. The van der Waals surface area contributed by atoms with Crippen LogP contribution in [0.4, 0.5) is 0 Å². The zero-order valence-electron chi connectivity index (χ0n) is 10.4. The van der Waals surface area contributed by atoms with Gasteiger partial charge in [0.2, 0.25) is 5.96 Å². The molecule has 0 bridgehead atoms. The molecule has 0 saturated heterocycles. The van der Waals surface area contributed by atoms with Gasteiger partial charge in [-0.1, -0.05) is 12.6 Å². The average molecular weight is 255 g/mol. The first kappa shape index (κ1) is 12.6. The number of nitrogens with one attached hydrogen (secondary N) is 2. The van der Waals surface area contributed by atoms with E-state index in [0.717, 1.165) is 0 Å². The summed E-state index contributed by atoms with van der Waals surface area (Å²) >= 11 is 0. The molecule has 6 heteroatoms. The van der Waals surface area contributed by atoms with E-state index in [9.17, 15) is 5.11 Å². The second-order valence-electron chi connectivity index (χ2n) is 3.92. The first-order chi connectivity index (χ1) is 9.15. The van der Waals surface area contributed by atoms with Crippen LogP contribution < -0.4 is 10.7 Å². The Hall–Kier alpha value is -2.81. The first-order valence-electron chi connectivity index (χ1n) is 5.61. The number of phenols is 1. The predicted octanol–water partition coefficient (Wildman–Crippen LogP) is 0.812. The maximum atomic E-state index is 9.99. The van der Waals surface area contributed by atoms with Crippen molar-refractivity contribution in [2.45, 2.75) is 0 Å². The average Bonchev–Trinajstić information content (AvgIpc) is 2.46. The van der Waals surface area contributed by atoms with Crippen LogP contribution in [-0.2, 0) is 0 Å². The fourth-order valence-corrected chi connectivity index (χ4v) is 1.68. The molecule has 0 aliphatic carbocycles. The number of hydrogen-bond acceptors (Lipinski definition) is 4. The van der Waals surface area contributed by atoms with E-state index >= 15 is 0 Å². The minimum Gasteiger partial charge on any atom is -0.507 e. The highest BCUT2D eigenvalue weighted by atomic mass is 16.3. The number of allylic oxidation sites excluding steroid dienone is 1. The van der Waals surface area contributed by atoms with Crippen molar-refractivity contribution in [3.63, 3.8) is 0 Å². The molecule has 3 N–H and O–H groups in total. The van der Waals surface area contributed by atoms with Gasteiger partial charge in [0.15, 0.2) is 0 Å². The Balaban J connectivity index is 2.30. The van der Waals surface area contributed by atoms with E-state index in [4.69, 9.17) is 5.26 Å². The van der Waals surface area contributed by atoms with Crippen LogP contribution in [-0.4, -0.2) is 30.4 Å². The Labute approximate surface area is 110 Å². The van der Waals surface area contributed by atoms with Gasteiger partial charge in [0.25, 0.3) is 0 Å². The molecule has 1 aromatic carbocycles. The van der Waals surface area contributed by atoms with Gasteiger partial charge in [0, 0.05) is 12.6 Å². The number of nitriles is 1. The van der Waals surface area contributed by atoms with Gasteiger partial charge in [-0.3, -0.25) is 4.99 Å². The van der Waals surface area contributed by atoms with Gasteiger partial charge < -0.3 is 10.4 Å². The van der Waals surface area contributed by atoms with E-state index in [2.05, 4.69) is 27.4 Å². The molecule has 1 aromatic rings. The van der Waals surface area contributed by atoms with Gasteiger partial charge in [-0.05, 0) is 17.7 Å². The van der Waals surface area contributed by atoms with Crippen LogP contribution in [0.1, 0.15) is 11.1 Å². The molecule has 0 saturated carbocycles. The third kappa shape index (κ3) is 2.55. The fourth-order valence-electron chi connectivity index (χ4n) is 1.68. The molecule has 0 radical (unpaired) electrons. The van der Waals surface area contributed by atoms with Crippen molar-refractivity contribution < 1.29 is 5.11 Å². The van der Waals surface area contributed by atoms with Crippen LogP contribution in [0.3, 0.4) is 0 Å². The molecule has 0 fully saturated rings. The van der Waals surface area contributed by atoms with E-state index in [1.54, 1.807) is 19.2 Å². The molecular weight excluding hydrogens is 242 g/mol. The van der Waals surface area contributed by atoms with Crippen LogP contribution >= 0.6 is 0 Å². The summed E-state index contributed by atoms with van der Waals surface area (Å²) in [6.07, 6.45) is 0.